The van der Waals surface area contributed by atoms with Gasteiger partial charge in [-0.05, 0) is 53.6 Å². The van der Waals surface area contributed by atoms with Crippen LogP contribution in [0.5, 0.6) is 5.75 Å². The van der Waals surface area contributed by atoms with Crippen LogP contribution < -0.4 is 14.4 Å². The molecule has 0 heterocycles. The zero-order valence-electron chi connectivity index (χ0n) is 23.0. The fraction of sp³-hybridized carbons (Fsp3) is 0.500. The molecule has 9 heteroatoms. The molecule has 0 spiro atoms. The molecule has 0 radical (unpaired) electrons. The van der Waals surface area contributed by atoms with Crippen LogP contribution in [0, 0.1) is 5.92 Å². The Hall–Kier alpha value is -3.07. The number of carbonyl (C=O) groups excluding carboxylic acids is 2. The van der Waals surface area contributed by atoms with E-state index in [1.54, 1.807) is 31.4 Å². The van der Waals surface area contributed by atoms with E-state index in [2.05, 4.69) is 19.2 Å². The smallest absolute Gasteiger partial charge is 0.244 e. The monoisotopic (exact) mass is 531 g/mol. The van der Waals surface area contributed by atoms with Gasteiger partial charge in [0.2, 0.25) is 21.8 Å². The Morgan fingerprint density at radius 2 is 1.57 bits per heavy atom. The van der Waals surface area contributed by atoms with Gasteiger partial charge in [0.25, 0.3) is 0 Å². The van der Waals surface area contributed by atoms with E-state index in [1.165, 1.54) is 4.90 Å². The fourth-order valence-electron chi connectivity index (χ4n) is 3.91. The maximum Gasteiger partial charge on any atom is 0.244 e. The van der Waals surface area contributed by atoms with E-state index in [-0.39, 0.29) is 24.3 Å². The van der Waals surface area contributed by atoms with Crippen molar-refractivity contribution < 1.29 is 22.7 Å². The number of hydrogen-bond acceptors (Lipinski definition) is 5. The Balaban J connectivity index is 2.41. The third-order valence-corrected chi connectivity index (χ3v) is 7.25. The summed E-state index contributed by atoms with van der Waals surface area (Å²) in [6, 6.07) is 13.6. The molecule has 2 aromatic rings. The Morgan fingerprint density at radius 1 is 0.973 bits per heavy atom. The molecule has 2 rings (SSSR count). The summed E-state index contributed by atoms with van der Waals surface area (Å²) >= 11 is 0. The lowest BCUT2D eigenvalue weighted by atomic mass is 10.0. The second-order valence-electron chi connectivity index (χ2n) is 9.95. The minimum absolute atomic E-state index is 0.153. The Bertz CT molecular complexity index is 1130. The SMILES string of the molecule is CCC(C(=O)NCC(C)C)N(Cc1ccc(OC)cc1)C(=O)CN(c1ccc(C(C)C)cc1)S(C)(=O)=O. The predicted molar refractivity (Wildman–Crippen MR) is 148 cm³/mol. The van der Waals surface area contributed by atoms with Gasteiger partial charge in [0, 0.05) is 13.1 Å². The van der Waals surface area contributed by atoms with Gasteiger partial charge in [-0.2, -0.15) is 0 Å². The molecular formula is C28H41N3O5S. The number of nitrogens with zero attached hydrogens (tertiary/aromatic N) is 2. The van der Waals surface area contributed by atoms with E-state index < -0.39 is 28.5 Å². The molecule has 1 N–H and O–H groups in total. The summed E-state index contributed by atoms with van der Waals surface area (Å²) in [5.74, 6) is 0.501. The van der Waals surface area contributed by atoms with Gasteiger partial charge >= 0.3 is 0 Å². The molecule has 0 saturated heterocycles. The highest BCUT2D eigenvalue weighted by molar-refractivity contribution is 7.92. The van der Waals surface area contributed by atoms with Crippen LogP contribution in [0.15, 0.2) is 48.5 Å². The zero-order valence-corrected chi connectivity index (χ0v) is 23.8. The van der Waals surface area contributed by atoms with Crippen LogP contribution in [-0.2, 0) is 26.2 Å². The number of rotatable bonds is 13. The van der Waals surface area contributed by atoms with Crippen LogP contribution in [0.2, 0.25) is 0 Å². The van der Waals surface area contributed by atoms with E-state index in [0.29, 0.717) is 24.4 Å². The Morgan fingerprint density at radius 3 is 2.03 bits per heavy atom. The van der Waals surface area contributed by atoms with Crippen molar-refractivity contribution in [3.05, 3.63) is 59.7 Å². The normalized spacial score (nSPS) is 12.4. The Kier molecular flexibility index (Phi) is 11.0. The summed E-state index contributed by atoms with van der Waals surface area (Å²) < 4.78 is 31.8. The molecular weight excluding hydrogens is 490 g/mol. The predicted octanol–water partition coefficient (Wildman–Crippen LogP) is 4.16. The van der Waals surface area contributed by atoms with Crippen molar-refractivity contribution in [2.45, 2.75) is 59.5 Å². The number of anilines is 1. The van der Waals surface area contributed by atoms with E-state index in [0.717, 1.165) is 21.7 Å². The summed E-state index contributed by atoms with van der Waals surface area (Å²) in [6.07, 6.45) is 1.46. The lowest BCUT2D eigenvalue weighted by molar-refractivity contribution is -0.140. The number of ether oxygens (including phenoxy) is 1. The lowest BCUT2D eigenvalue weighted by Gasteiger charge is -2.33. The maximum absolute atomic E-state index is 13.7. The van der Waals surface area contributed by atoms with Gasteiger partial charge in [-0.15, -0.1) is 0 Å². The van der Waals surface area contributed by atoms with Gasteiger partial charge in [0.1, 0.15) is 18.3 Å². The topological polar surface area (TPSA) is 96.0 Å². The summed E-state index contributed by atoms with van der Waals surface area (Å²) in [7, 11) is -2.19. The number of hydrogen-bond donors (Lipinski definition) is 1. The first-order chi connectivity index (χ1) is 17.4. The molecule has 1 unspecified atom stereocenters. The van der Waals surface area contributed by atoms with Gasteiger partial charge in [-0.1, -0.05) is 58.9 Å². The molecule has 0 aliphatic rings. The first-order valence-electron chi connectivity index (χ1n) is 12.6. The van der Waals surface area contributed by atoms with Crippen LogP contribution in [0.3, 0.4) is 0 Å². The molecule has 0 aliphatic carbocycles. The first-order valence-corrected chi connectivity index (χ1v) is 14.5. The molecule has 0 fully saturated rings. The molecule has 2 aromatic carbocycles. The molecule has 1 atom stereocenters. The largest absolute Gasteiger partial charge is 0.497 e. The van der Waals surface area contributed by atoms with Crippen molar-refractivity contribution in [2.24, 2.45) is 5.92 Å². The third-order valence-electron chi connectivity index (χ3n) is 6.11. The van der Waals surface area contributed by atoms with E-state index in [9.17, 15) is 18.0 Å². The Labute approximate surface area is 222 Å². The van der Waals surface area contributed by atoms with E-state index in [4.69, 9.17) is 4.74 Å². The summed E-state index contributed by atoms with van der Waals surface area (Å²) in [4.78, 5) is 28.3. The number of methoxy groups -OCH3 is 1. The minimum Gasteiger partial charge on any atom is -0.497 e. The minimum atomic E-state index is -3.77. The number of carbonyl (C=O) groups is 2. The van der Waals surface area contributed by atoms with E-state index >= 15 is 0 Å². The molecule has 8 nitrogen and oxygen atoms in total. The van der Waals surface area contributed by atoms with Crippen molar-refractivity contribution in [1.82, 2.24) is 10.2 Å². The lowest BCUT2D eigenvalue weighted by Crippen LogP contribution is -2.52. The zero-order chi connectivity index (χ0) is 27.8. The van der Waals surface area contributed by atoms with Crippen LogP contribution in [0.25, 0.3) is 0 Å². The molecule has 0 aliphatic heterocycles. The third kappa shape index (κ3) is 8.77. The first kappa shape index (κ1) is 30.2. The van der Waals surface area contributed by atoms with Crippen LogP contribution in [0.1, 0.15) is 58.1 Å². The number of benzene rings is 2. The standard InChI is InChI=1S/C28H41N3O5S/c1-8-26(28(33)29-17-20(2)3)30(18-22-9-15-25(36-6)16-10-22)27(32)19-31(37(7,34)35)24-13-11-23(12-14-24)21(4)5/h9-16,20-21,26H,8,17-19H2,1-7H3,(H,29,33). The molecule has 0 bridgehead atoms. The summed E-state index contributed by atoms with van der Waals surface area (Å²) in [5.41, 5.74) is 2.27. The van der Waals surface area contributed by atoms with Crippen molar-refractivity contribution in [2.75, 3.05) is 30.8 Å². The van der Waals surface area contributed by atoms with Gasteiger partial charge in [-0.3, -0.25) is 13.9 Å². The summed E-state index contributed by atoms with van der Waals surface area (Å²) in [6.45, 7) is 10.2. The van der Waals surface area contributed by atoms with Crippen molar-refractivity contribution in [3.63, 3.8) is 0 Å². The van der Waals surface area contributed by atoms with Crippen molar-refractivity contribution in [3.8, 4) is 5.75 Å². The van der Waals surface area contributed by atoms with Gasteiger partial charge < -0.3 is 15.0 Å². The van der Waals surface area contributed by atoms with Gasteiger partial charge in [0.15, 0.2) is 0 Å². The molecule has 2 amide bonds. The molecule has 0 aromatic heterocycles. The number of sulfonamides is 1. The highest BCUT2D eigenvalue weighted by Crippen LogP contribution is 2.23. The van der Waals surface area contributed by atoms with Crippen LogP contribution >= 0.6 is 0 Å². The molecule has 204 valence electrons. The molecule has 0 saturated carbocycles. The number of amides is 2. The van der Waals surface area contributed by atoms with Gasteiger partial charge in [0.05, 0.1) is 19.1 Å². The average molecular weight is 532 g/mol. The van der Waals surface area contributed by atoms with Crippen LogP contribution in [0.4, 0.5) is 5.69 Å². The van der Waals surface area contributed by atoms with Crippen molar-refractivity contribution in [1.29, 1.82) is 0 Å². The average Bonchev–Trinajstić information content (AvgIpc) is 2.85. The second-order valence-corrected chi connectivity index (χ2v) is 11.9. The van der Waals surface area contributed by atoms with E-state index in [1.807, 2.05) is 45.0 Å². The maximum atomic E-state index is 13.7. The van der Waals surface area contributed by atoms with Gasteiger partial charge in [-0.25, -0.2) is 8.42 Å². The molecule has 37 heavy (non-hydrogen) atoms. The number of nitrogens with one attached hydrogen (secondary N) is 1. The van der Waals surface area contributed by atoms with Crippen molar-refractivity contribution >= 4 is 27.5 Å². The highest BCUT2D eigenvalue weighted by atomic mass is 32.2. The van der Waals surface area contributed by atoms with Crippen LogP contribution in [-0.4, -0.2) is 57.6 Å². The summed E-state index contributed by atoms with van der Waals surface area (Å²) in [5, 5.41) is 2.92. The highest BCUT2D eigenvalue weighted by Gasteiger charge is 2.31. The second kappa shape index (κ2) is 13.5. The fourth-order valence-corrected chi connectivity index (χ4v) is 4.76. The quantitative estimate of drug-likeness (QED) is 0.419.